The van der Waals surface area contributed by atoms with Crippen molar-refractivity contribution in [2.45, 2.75) is 39.8 Å². The Morgan fingerprint density at radius 2 is 1.86 bits per heavy atom. The Hall–Kier alpha value is -4.00. The van der Waals surface area contributed by atoms with E-state index in [0.717, 1.165) is 17.5 Å². The Kier molecular flexibility index (Phi) is 6.07. The van der Waals surface area contributed by atoms with Crippen molar-refractivity contribution in [2.75, 3.05) is 13.2 Å². The summed E-state index contributed by atoms with van der Waals surface area (Å²) in [6.45, 7) is 7.05. The van der Waals surface area contributed by atoms with Crippen molar-refractivity contribution in [3.63, 3.8) is 0 Å². The lowest BCUT2D eigenvalue weighted by atomic mass is 9.97. The van der Waals surface area contributed by atoms with Gasteiger partial charge in [0.25, 0.3) is 5.91 Å². The number of fused-ring (bicyclic) bond motifs is 2. The third-order valence-corrected chi connectivity index (χ3v) is 6.07. The van der Waals surface area contributed by atoms with Gasteiger partial charge in [0.15, 0.2) is 16.9 Å². The Bertz CT molecular complexity index is 1440. The molecule has 2 aromatic carbocycles. The minimum absolute atomic E-state index is 0.0622. The SMILES string of the molecule is CCCOc1ccc(C2c3c(oc4ccc(C)cc4c3=O)C(=O)N2Cc2ccco2)cc1OCC. The first kappa shape index (κ1) is 22.8. The molecule has 35 heavy (non-hydrogen) atoms. The van der Waals surface area contributed by atoms with Gasteiger partial charge in [-0.05, 0) is 62.2 Å². The zero-order valence-electron chi connectivity index (χ0n) is 20.0. The van der Waals surface area contributed by atoms with Crippen LogP contribution in [0, 0.1) is 6.92 Å². The highest BCUT2D eigenvalue weighted by Crippen LogP contribution is 2.42. The number of ether oxygens (including phenoxy) is 2. The van der Waals surface area contributed by atoms with Gasteiger partial charge in [0.1, 0.15) is 11.3 Å². The highest BCUT2D eigenvalue weighted by atomic mass is 16.5. The second-order valence-electron chi connectivity index (χ2n) is 8.58. The molecule has 1 amide bonds. The second-order valence-corrected chi connectivity index (χ2v) is 8.58. The molecule has 5 rings (SSSR count). The van der Waals surface area contributed by atoms with Crippen LogP contribution in [0.3, 0.4) is 0 Å². The van der Waals surface area contributed by atoms with E-state index in [9.17, 15) is 9.59 Å². The average molecular weight is 474 g/mol. The smallest absolute Gasteiger partial charge is 0.291 e. The summed E-state index contributed by atoms with van der Waals surface area (Å²) in [7, 11) is 0. The number of carbonyl (C=O) groups excluding carboxylic acids is 1. The van der Waals surface area contributed by atoms with E-state index < -0.39 is 6.04 Å². The minimum Gasteiger partial charge on any atom is -0.490 e. The maximum absolute atomic E-state index is 13.8. The molecule has 0 N–H and O–H groups in total. The Balaban J connectivity index is 1.69. The van der Waals surface area contributed by atoms with Crippen molar-refractivity contribution in [3.05, 3.63) is 93.2 Å². The molecule has 1 aliphatic rings. The number of hydrogen-bond donors (Lipinski definition) is 0. The molecular formula is C28H27NO6. The van der Waals surface area contributed by atoms with Gasteiger partial charge in [-0.3, -0.25) is 9.59 Å². The Morgan fingerprint density at radius 3 is 2.60 bits per heavy atom. The van der Waals surface area contributed by atoms with Gasteiger partial charge in [0, 0.05) is 0 Å². The van der Waals surface area contributed by atoms with E-state index in [-0.39, 0.29) is 23.6 Å². The third kappa shape index (κ3) is 4.07. The summed E-state index contributed by atoms with van der Waals surface area (Å²) in [5.41, 5.74) is 2.17. The molecule has 180 valence electrons. The lowest BCUT2D eigenvalue weighted by Crippen LogP contribution is -2.29. The number of benzene rings is 2. The molecule has 1 atom stereocenters. The van der Waals surface area contributed by atoms with Crippen molar-refractivity contribution >= 4 is 16.9 Å². The first-order valence-electron chi connectivity index (χ1n) is 11.8. The number of carbonyl (C=O) groups is 1. The van der Waals surface area contributed by atoms with Gasteiger partial charge in [-0.15, -0.1) is 0 Å². The fraction of sp³-hybridized carbons (Fsp3) is 0.286. The van der Waals surface area contributed by atoms with Crippen molar-refractivity contribution in [3.8, 4) is 11.5 Å². The third-order valence-electron chi connectivity index (χ3n) is 6.07. The lowest BCUT2D eigenvalue weighted by Gasteiger charge is -2.25. The zero-order chi connectivity index (χ0) is 24.5. The number of furan rings is 1. The van der Waals surface area contributed by atoms with Crippen LogP contribution in [-0.4, -0.2) is 24.0 Å². The molecule has 7 heteroatoms. The molecule has 0 saturated carbocycles. The monoisotopic (exact) mass is 473 g/mol. The molecule has 2 aromatic heterocycles. The summed E-state index contributed by atoms with van der Waals surface area (Å²) in [6.07, 6.45) is 2.42. The van der Waals surface area contributed by atoms with Crippen molar-refractivity contribution in [1.29, 1.82) is 0 Å². The molecule has 0 fully saturated rings. The molecule has 0 bridgehead atoms. The van der Waals surface area contributed by atoms with Crippen molar-refractivity contribution in [2.24, 2.45) is 0 Å². The topological polar surface area (TPSA) is 82.1 Å². The molecule has 0 saturated heterocycles. The highest BCUT2D eigenvalue weighted by Gasteiger charge is 2.43. The number of nitrogens with zero attached hydrogens (tertiary/aromatic N) is 1. The van der Waals surface area contributed by atoms with Crippen LogP contribution in [0.1, 0.15) is 59.3 Å². The van der Waals surface area contributed by atoms with Gasteiger partial charge in [-0.1, -0.05) is 24.6 Å². The van der Waals surface area contributed by atoms with Gasteiger partial charge in [-0.25, -0.2) is 0 Å². The molecular weight excluding hydrogens is 446 g/mol. The summed E-state index contributed by atoms with van der Waals surface area (Å²) in [6, 6.07) is 13.8. The van der Waals surface area contributed by atoms with Crippen LogP contribution in [0.4, 0.5) is 0 Å². The van der Waals surface area contributed by atoms with E-state index in [0.29, 0.717) is 47.0 Å². The molecule has 7 nitrogen and oxygen atoms in total. The molecule has 0 radical (unpaired) electrons. The van der Waals surface area contributed by atoms with Gasteiger partial charge in [-0.2, -0.15) is 0 Å². The van der Waals surface area contributed by atoms with Crippen LogP contribution in [0.2, 0.25) is 0 Å². The average Bonchev–Trinajstić information content (AvgIpc) is 3.46. The first-order chi connectivity index (χ1) is 17.0. The van der Waals surface area contributed by atoms with E-state index in [4.69, 9.17) is 18.3 Å². The zero-order valence-corrected chi connectivity index (χ0v) is 20.0. The predicted octanol–water partition coefficient (Wildman–Crippen LogP) is 5.63. The summed E-state index contributed by atoms with van der Waals surface area (Å²) in [5.74, 6) is 1.51. The van der Waals surface area contributed by atoms with Gasteiger partial charge >= 0.3 is 0 Å². The maximum atomic E-state index is 13.8. The summed E-state index contributed by atoms with van der Waals surface area (Å²) in [4.78, 5) is 28.9. The van der Waals surface area contributed by atoms with Gasteiger partial charge < -0.3 is 23.2 Å². The minimum atomic E-state index is -0.664. The number of amides is 1. The van der Waals surface area contributed by atoms with E-state index >= 15 is 0 Å². The standard InChI is InChI=1S/C28H27NO6/c1-4-12-34-22-11-9-18(15-23(22)32-5-2)25-24-26(30)20-14-17(3)8-10-21(20)35-27(24)28(31)29(25)16-19-7-6-13-33-19/h6-11,13-15,25H,4-5,12,16H2,1-3H3. The van der Waals surface area contributed by atoms with Gasteiger partial charge in [0.2, 0.25) is 5.76 Å². The van der Waals surface area contributed by atoms with E-state index in [1.165, 1.54) is 0 Å². The Labute approximate surface area is 202 Å². The number of hydrogen-bond acceptors (Lipinski definition) is 6. The van der Waals surface area contributed by atoms with Crippen LogP contribution < -0.4 is 14.9 Å². The van der Waals surface area contributed by atoms with Crippen molar-refractivity contribution < 1.29 is 23.1 Å². The summed E-state index contributed by atoms with van der Waals surface area (Å²) >= 11 is 0. The van der Waals surface area contributed by atoms with E-state index in [1.54, 1.807) is 35.4 Å². The fourth-order valence-electron chi connectivity index (χ4n) is 4.51. The van der Waals surface area contributed by atoms with Crippen LogP contribution in [0.25, 0.3) is 11.0 Å². The van der Waals surface area contributed by atoms with Crippen LogP contribution >= 0.6 is 0 Å². The van der Waals surface area contributed by atoms with Crippen LogP contribution in [0.15, 0.2) is 68.4 Å². The number of aryl methyl sites for hydroxylation is 1. The van der Waals surface area contributed by atoms with Crippen LogP contribution in [-0.2, 0) is 6.54 Å². The van der Waals surface area contributed by atoms with E-state index in [2.05, 4.69) is 0 Å². The van der Waals surface area contributed by atoms with Crippen molar-refractivity contribution in [1.82, 2.24) is 4.90 Å². The molecule has 1 aliphatic heterocycles. The second kappa shape index (κ2) is 9.33. The molecule has 4 aromatic rings. The normalized spacial score (nSPS) is 15.0. The number of rotatable bonds is 8. The quantitative estimate of drug-likeness (QED) is 0.330. The summed E-state index contributed by atoms with van der Waals surface area (Å²) < 4.78 is 23.3. The highest BCUT2D eigenvalue weighted by molar-refractivity contribution is 5.99. The fourth-order valence-corrected chi connectivity index (χ4v) is 4.51. The largest absolute Gasteiger partial charge is 0.490 e. The predicted molar refractivity (Wildman–Crippen MR) is 131 cm³/mol. The first-order valence-corrected chi connectivity index (χ1v) is 11.8. The van der Waals surface area contributed by atoms with E-state index in [1.807, 2.05) is 45.0 Å². The molecule has 0 aliphatic carbocycles. The maximum Gasteiger partial charge on any atom is 0.291 e. The van der Waals surface area contributed by atoms with Gasteiger partial charge in [0.05, 0.1) is 43.0 Å². The molecule has 0 spiro atoms. The Morgan fingerprint density at radius 1 is 1.00 bits per heavy atom. The molecule has 3 heterocycles. The van der Waals surface area contributed by atoms with Crippen LogP contribution in [0.5, 0.6) is 11.5 Å². The summed E-state index contributed by atoms with van der Waals surface area (Å²) in [5, 5.41) is 0.453. The molecule has 1 unspecified atom stereocenters. The lowest BCUT2D eigenvalue weighted by molar-refractivity contribution is 0.0701.